The van der Waals surface area contributed by atoms with Crippen LogP contribution in [0.5, 0.6) is 0 Å². The number of likely N-dealkylation sites (tertiary alicyclic amines) is 1. The molecule has 0 aromatic heterocycles. The molecule has 1 saturated heterocycles. The van der Waals surface area contributed by atoms with Crippen LogP contribution in [0.15, 0.2) is 23.1 Å². The maximum Gasteiger partial charge on any atom is 0.255 e. The van der Waals surface area contributed by atoms with Gasteiger partial charge in [0.15, 0.2) is 0 Å². The lowest BCUT2D eigenvalue weighted by Gasteiger charge is -2.16. The first-order valence-electron chi connectivity index (χ1n) is 5.42. The summed E-state index contributed by atoms with van der Waals surface area (Å²) in [5.41, 5.74) is 0.521. The minimum Gasteiger partial charge on any atom is -0.391 e. The van der Waals surface area contributed by atoms with E-state index in [0.29, 0.717) is 30.1 Å². The minimum absolute atomic E-state index is 0.0950. The second kappa shape index (κ2) is 5.29. The van der Waals surface area contributed by atoms with Crippen LogP contribution in [0.25, 0.3) is 0 Å². The fourth-order valence-corrected chi connectivity index (χ4v) is 2.53. The molecule has 0 aliphatic carbocycles. The van der Waals surface area contributed by atoms with Crippen molar-refractivity contribution in [3.63, 3.8) is 0 Å². The topological polar surface area (TPSA) is 40.5 Å². The number of amides is 1. The Morgan fingerprint density at radius 1 is 1.59 bits per heavy atom. The SMILES string of the molecule is CSc1ccc(Cl)c(C(=O)N2CC[C@H](O)C2)c1. The summed E-state index contributed by atoms with van der Waals surface area (Å²) in [7, 11) is 0. The Hall–Kier alpha value is -0.710. The van der Waals surface area contributed by atoms with Crippen molar-refractivity contribution in [2.45, 2.75) is 17.4 Å². The highest BCUT2D eigenvalue weighted by Crippen LogP contribution is 2.25. The van der Waals surface area contributed by atoms with E-state index in [0.717, 1.165) is 4.90 Å². The van der Waals surface area contributed by atoms with Crippen molar-refractivity contribution in [2.24, 2.45) is 0 Å². The molecule has 1 amide bonds. The van der Waals surface area contributed by atoms with Crippen LogP contribution in [-0.2, 0) is 0 Å². The molecule has 2 rings (SSSR count). The number of aliphatic hydroxyl groups excluding tert-OH is 1. The number of β-amino-alcohol motifs (C(OH)–C–C–N with tert-alkyl or cyclic N) is 1. The van der Waals surface area contributed by atoms with Gasteiger partial charge in [0, 0.05) is 18.0 Å². The largest absolute Gasteiger partial charge is 0.391 e. The Balaban J connectivity index is 2.24. The van der Waals surface area contributed by atoms with Crippen molar-refractivity contribution >= 4 is 29.3 Å². The minimum atomic E-state index is -0.401. The molecule has 5 heteroatoms. The Labute approximate surface area is 110 Å². The Kier molecular flexibility index (Phi) is 3.97. The molecule has 1 aliphatic heterocycles. The number of hydrogen-bond acceptors (Lipinski definition) is 3. The van der Waals surface area contributed by atoms with E-state index in [1.165, 1.54) is 0 Å². The van der Waals surface area contributed by atoms with E-state index in [2.05, 4.69) is 0 Å². The van der Waals surface area contributed by atoms with Gasteiger partial charge in [-0.25, -0.2) is 0 Å². The number of carbonyl (C=O) groups excluding carboxylic acids is 1. The first-order chi connectivity index (χ1) is 8.11. The number of thioether (sulfide) groups is 1. The second-order valence-corrected chi connectivity index (χ2v) is 5.33. The van der Waals surface area contributed by atoms with Gasteiger partial charge in [0.25, 0.3) is 5.91 Å². The molecule has 0 unspecified atom stereocenters. The fraction of sp³-hybridized carbons (Fsp3) is 0.417. The van der Waals surface area contributed by atoms with Gasteiger partial charge in [0.05, 0.1) is 16.7 Å². The number of aliphatic hydroxyl groups is 1. The smallest absolute Gasteiger partial charge is 0.255 e. The summed E-state index contributed by atoms with van der Waals surface area (Å²) in [6.07, 6.45) is 2.20. The highest BCUT2D eigenvalue weighted by atomic mass is 35.5. The summed E-state index contributed by atoms with van der Waals surface area (Å²) in [5.74, 6) is -0.0950. The monoisotopic (exact) mass is 271 g/mol. The van der Waals surface area contributed by atoms with Gasteiger partial charge in [-0.2, -0.15) is 0 Å². The number of rotatable bonds is 2. The maximum atomic E-state index is 12.2. The molecule has 1 aliphatic rings. The Bertz CT molecular complexity index is 439. The lowest BCUT2D eigenvalue weighted by molar-refractivity contribution is 0.0765. The Morgan fingerprint density at radius 3 is 2.94 bits per heavy atom. The van der Waals surface area contributed by atoms with E-state index in [-0.39, 0.29) is 5.91 Å². The molecular weight excluding hydrogens is 258 g/mol. The van der Waals surface area contributed by atoms with Crippen molar-refractivity contribution in [1.29, 1.82) is 0 Å². The van der Waals surface area contributed by atoms with Crippen molar-refractivity contribution < 1.29 is 9.90 Å². The van der Waals surface area contributed by atoms with E-state index < -0.39 is 6.10 Å². The summed E-state index contributed by atoms with van der Waals surface area (Å²) in [6.45, 7) is 0.998. The summed E-state index contributed by atoms with van der Waals surface area (Å²) in [6, 6.07) is 5.44. The van der Waals surface area contributed by atoms with Gasteiger partial charge >= 0.3 is 0 Å². The number of hydrogen-bond donors (Lipinski definition) is 1. The number of benzene rings is 1. The van der Waals surface area contributed by atoms with Crippen LogP contribution in [0, 0.1) is 0 Å². The van der Waals surface area contributed by atoms with Gasteiger partial charge in [0.1, 0.15) is 0 Å². The van der Waals surface area contributed by atoms with Crippen LogP contribution < -0.4 is 0 Å². The van der Waals surface area contributed by atoms with E-state index >= 15 is 0 Å². The molecule has 1 aromatic carbocycles. The van der Waals surface area contributed by atoms with Crippen LogP contribution in [0.1, 0.15) is 16.8 Å². The third-order valence-electron chi connectivity index (χ3n) is 2.85. The zero-order valence-corrected chi connectivity index (χ0v) is 11.1. The maximum absolute atomic E-state index is 12.2. The van der Waals surface area contributed by atoms with Gasteiger partial charge in [0.2, 0.25) is 0 Å². The van der Waals surface area contributed by atoms with Crippen LogP contribution in [0.2, 0.25) is 5.02 Å². The number of carbonyl (C=O) groups is 1. The quantitative estimate of drug-likeness (QED) is 0.839. The molecule has 0 saturated carbocycles. The van der Waals surface area contributed by atoms with E-state index in [9.17, 15) is 9.90 Å². The van der Waals surface area contributed by atoms with Crippen LogP contribution in [-0.4, -0.2) is 41.4 Å². The molecule has 0 bridgehead atoms. The standard InChI is InChI=1S/C12H14ClNO2S/c1-17-9-2-3-11(13)10(6-9)12(16)14-5-4-8(15)7-14/h2-3,6,8,15H,4-5,7H2,1H3/t8-/m0/s1. The lowest BCUT2D eigenvalue weighted by atomic mass is 10.2. The average molecular weight is 272 g/mol. The van der Waals surface area contributed by atoms with Crippen molar-refractivity contribution in [3.8, 4) is 0 Å². The predicted molar refractivity (Wildman–Crippen MR) is 69.8 cm³/mol. The van der Waals surface area contributed by atoms with Crippen LogP contribution >= 0.6 is 23.4 Å². The molecule has 1 aromatic rings. The molecule has 1 fully saturated rings. The molecule has 92 valence electrons. The van der Waals surface area contributed by atoms with Gasteiger partial charge in [-0.1, -0.05) is 11.6 Å². The normalized spacial score (nSPS) is 19.7. The first-order valence-corrected chi connectivity index (χ1v) is 7.03. The molecule has 0 radical (unpaired) electrons. The molecule has 3 nitrogen and oxygen atoms in total. The molecule has 1 atom stereocenters. The summed E-state index contributed by atoms with van der Waals surface area (Å²) >= 11 is 7.62. The van der Waals surface area contributed by atoms with E-state index in [4.69, 9.17) is 11.6 Å². The summed E-state index contributed by atoms with van der Waals surface area (Å²) in [5, 5.41) is 9.90. The number of nitrogens with zero attached hydrogens (tertiary/aromatic N) is 1. The summed E-state index contributed by atoms with van der Waals surface area (Å²) < 4.78 is 0. The van der Waals surface area contributed by atoms with Gasteiger partial charge in [-0.15, -0.1) is 11.8 Å². The van der Waals surface area contributed by atoms with Crippen LogP contribution in [0.3, 0.4) is 0 Å². The Morgan fingerprint density at radius 2 is 2.35 bits per heavy atom. The van der Waals surface area contributed by atoms with Crippen molar-refractivity contribution in [1.82, 2.24) is 4.90 Å². The van der Waals surface area contributed by atoms with E-state index in [1.807, 2.05) is 12.3 Å². The molecule has 17 heavy (non-hydrogen) atoms. The highest BCUT2D eigenvalue weighted by Gasteiger charge is 2.26. The highest BCUT2D eigenvalue weighted by molar-refractivity contribution is 7.98. The molecule has 1 N–H and O–H groups in total. The fourth-order valence-electron chi connectivity index (χ4n) is 1.89. The average Bonchev–Trinajstić information content (AvgIpc) is 2.76. The van der Waals surface area contributed by atoms with Gasteiger partial charge in [-0.3, -0.25) is 4.79 Å². The number of halogens is 1. The van der Waals surface area contributed by atoms with Crippen LogP contribution in [0.4, 0.5) is 0 Å². The molecule has 0 spiro atoms. The van der Waals surface area contributed by atoms with Crippen molar-refractivity contribution in [2.75, 3.05) is 19.3 Å². The van der Waals surface area contributed by atoms with Gasteiger partial charge in [-0.05, 0) is 30.9 Å². The zero-order valence-electron chi connectivity index (χ0n) is 9.52. The third kappa shape index (κ3) is 2.76. The zero-order chi connectivity index (χ0) is 12.4. The predicted octanol–water partition coefficient (Wildman–Crippen LogP) is 2.27. The second-order valence-electron chi connectivity index (χ2n) is 4.04. The molecule has 1 heterocycles. The summed E-state index contributed by atoms with van der Waals surface area (Å²) in [4.78, 5) is 14.9. The van der Waals surface area contributed by atoms with E-state index in [1.54, 1.807) is 28.8 Å². The van der Waals surface area contributed by atoms with Crippen molar-refractivity contribution in [3.05, 3.63) is 28.8 Å². The first kappa shape index (κ1) is 12.7. The lowest BCUT2D eigenvalue weighted by Crippen LogP contribution is -2.29. The third-order valence-corrected chi connectivity index (χ3v) is 3.91. The van der Waals surface area contributed by atoms with Gasteiger partial charge < -0.3 is 10.0 Å². The molecular formula is C12H14ClNO2S.